The molecule has 0 radical (unpaired) electrons. The van der Waals surface area contributed by atoms with Crippen molar-refractivity contribution in [3.05, 3.63) is 36.5 Å². The zero-order valence-electron chi connectivity index (χ0n) is 9.60. The molecule has 1 aromatic carbocycles. The second kappa shape index (κ2) is 5.50. The first-order chi connectivity index (χ1) is 8.31. The molecule has 1 heterocycles. The Morgan fingerprint density at radius 2 is 2.12 bits per heavy atom. The van der Waals surface area contributed by atoms with E-state index in [-0.39, 0.29) is 12.5 Å². The van der Waals surface area contributed by atoms with E-state index in [1.54, 1.807) is 0 Å². The fraction of sp³-hybridized carbons (Fsp3) is 0.308. The number of nitrogens with one attached hydrogen (secondary N) is 1. The first-order valence-corrected chi connectivity index (χ1v) is 5.72. The molecule has 4 heteroatoms. The molecule has 0 aliphatic rings. The van der Waals surface area contributed by atoms with Crippen molar-refractivity contribution in [3.8, 4) is 0 Å². The van der Waals surface area contributed by atoms with Crippen LogP contribution in [0.1, 0.15) is 6.42 Å². The Balaban J connectivity index is 2.01. The largest absolute Gasteiger partial charge is 0.396 e. The molecule has 2 aromatic rings. The normalized spacial score (nSPS) is 10.6. The third kappa shape index (κ3) is 2.85. The lowest BCUT2D eigenvalue weighted by molar-refractivity contribution is -0.121. The summed E-state index contributed by atoms with van der Waals surface area (Å²) in [6.07, 6.45) is 2.51. The molecule has 2 N–H and O–H groups in total. The highest BCUT2D eigenvalue weighted by Crippen LogP contribution is 2.14. The summed E-state index contributed by atoms with van der Waals surface area (Å²) < 4.78 is 1.92. The van der Waals surface area contributed by atoms with Gasteiger partial charge in [-0.15, -0.1) is 0 Å². The van der Waals surface area contributed by atoms with Crippen LogP contribution in [0.3, 0.4) is 0 Å². The molecule has 1 amide bonds. The minimum absolute atomic E-state index is 0.0280. The van der Waals surface area contributed by atoms with Crippen molar-refractivity contribution in [1.29, 1.82) is 0 Å². The van der Waals surface area contributed by atoms with Crippen LogP contribution in [0.2, 0.25) is 0 Å². The average molecular weight is 232 g/mol. The van der Waals surface area contributed by atoms with Gasteiger partial charge in [-0.3, -0.25) is 4.79 Å². The number of carbonyl (C=O) groups is 1. The van der Waals surface area contributed by atoms with E-state index in [0.717, 1.165) is 10.9 Å². The first kappa shape index (κ1) is 11.7. The monoisotopic (exact) mass is 232 g/mol. The molecule has 1 aromatic heterocycles. The smallest absolute Gasteiger partial charge is 0.239 e. The molecular weight excluding hydrogens is 216 g/mol. The molecule has 0 aliphatic heterocycles. The van der Waals surface area contributed by atoms with E-state index < -0.39 is 0 Å². The predicted molar refractivity (Wildman–Crippen MR) is 66.7 cm³/mol. The predicted octanol–water partition coefficient (Wildman–Crippen LogP) is 1.14. The van der Waals surface area contributed by atoms with Crippen LogP contribution in [0.15, 0.2) is 36.5 Å². The number of aromatic nitrogens is 1. The van der Waals surface area contributed by atoms with Crippen LogP contribution in [-0.4, -0.2) is 28.7 Å². The van der Waals surface area contributed by atoms with Crippen LogP contribution >= 0.6 is 0 Å². The summed E-state index contributed by atoms with van der Waals surface area (Å²) in [5.41, 5.74) is 1.06. The lowest BCUT2D eigenvalue weighted by atomic mass is 10.2. The molecule has 0 saturated carbocycles. The van der Waals surface area contributed by atoms with Gasteiger partial charge >= 0.3 is 0 Å². The second-order valence-electron chi connectivity index (χ2n) is 3.93. The molecule has 2 rings (SSSR count). The van der Waals surface area contributed by atoms with Gasteiger partial charge in [0.05, 0.1) is 0 Å². The number of hydrogen-bond acceptors (Lipinski definition) is 2. The van der Waals surface area contributed by atoms with E-state index in [4.69, 9.17) is 5.11 Å². The molecule has 0 bridgehead atoms. The average Bonchev–Trinajstić information content (AvgIpc) is 2.73. The van der Waals surface area contributed by atoms with Gasteiger partial charge in [0.15, 0.2) is 0 Å². The fourth-order valence-corrected chi connectivity index (χ4v) is 1.80. The third-order valence-corrected chi connectivity index (χ3v) is 2.65. The van der Waals surface area contributed by atoms with Gasteiger partial charge in [-0.1, -0.05) is 18.2 Å². The number of nitrogens with zero attached hydrogens (tertiary/aromatic N) is 1. The Morgan fingerprint density at radius 3 is 2.94 bits per heavy atom. The Kier molecular flexibility index (Phi) is 3.77. The minimum atomic E-state index is -0.0280. The van der Waals surface area contributed by atoms with E-state index in [1.165, 1.54) is 0 Å². The quantitative estimate of drug-likeness (QED) is 0.759. The fourth-order valence-electron chi connectivity index (χ4n) is 1.80. The van der Waals surface area contributed by atoms with Crippen LogP contribution in [0, 0.1) is 0 Å². The Bertz CT molecular complexity index is 505. The van der Waals surface area contributed by atoms with E-state index in [2.05, 4.69) is 5.32 Å². The van der Waals surface area contributed by atoms with Crippen LogP contribution in [0.25, 0.3) is 10.9 Å². The summed E-state index contributed by atoms with van der Waals surface area (Å²) in [6.45, 7) is 0.945. The number of fused-ring (bicyclic) bond motifs is 1. The van der Waals surface area contributed by atoms with Crippen molar-refractivity contribution in [2.75, 3.05) is 13.2 Å². The van der Waals surface area contributed by atoms with Gasteiger partial charge in [-0.25, -0.2) is 0 Å². The van der Waals surface area contributed by atoms with Crippen molar-refractivity contribution in [2.24, 2.45) is 0 Å². The standard InChI is InChI=1S/C13H16N2O2/c16-9-3-7-14-13(17)10-15-8-6-11-4-1-2-5-12(11)15/h1-2,4-6,8,16H,3,7,9-10H2,(H,14,17). The van der Waals surface area contributed by atoms with Gasteiger partial charge in [0.25, 0.3) is 0 Å². The lowest BCUT2D eigenvalue weighted by Crippen LogP contribution is -2.28. The van der Waals surface area contributed by atoms with Crippen LogP contribution in [0.4, 0.5) is 0 Å². The van der Waals surface area contributed by atoms with Crippen molar-refractivity contribution in [3.63, 3.8) is 0 Å². The maximum absolute atomic E-state index is 11.6. The first-order valence-electron chi connectivity index (χ1n) is 5.72. The van der Waals surface area contributed by atoms with Crippen molar-refractivity contribution in [2.45, 2.75) is 13.0 Å². The van der Waals surface area contributed by atoms with E-state index in [9.17, 15) is 4.79 Å². The summed E-state index contributed by atoms with van der Waals surface area (Å²) in [5.74, 6) is -0.0280. The molecule has 0 spiro atoms. The maximum Gasteiger partial charge on any atom is 0.239 e. The van der Waals surface area contributed by atoms with Crippen LogP contribution in [-0.2, 0) is 11.3 Å². The van der Waals surface area contributed by atoms with Gasteiger partial charge in [0.1, 0.15) is 6.54 Å². The molecular formula is C13H16N2O2. The number of aliphatic hydroxyl groups excluding tert-OH is 1. The Labute approximate surface area is 99.9 Å². The highest BCUT2D eigenvalue weighted by atomic mass is 16.3. The van der Waals surface area contributed by atoms with Gasteiger partial charge in [-0.05, 0) is 23.9 Å². The number of carbonyl (C=O) groups excluding carboxylic acids is 1. The summed E-state index contributed by atoms with van der Waals surface area (Å²) >= 11 is 0. The van der Waals surface area contributed by atoms with Crippen molar-refractivity contribution in [1.82, 2.24) is 9.88 Å². The topological polar surface area (TPSA) is 54.3 Å². The van der Waals surface area contributed by atoms with Gasteiger partial charge in [0.2, 0.25) is 5.91 Å². The SMILES string of the molecule is O=C(Cn1ccc2ccccc21)NCCCO. The molecule has 0 atom stereocenters. The lowest BCUT2D eigenvalue weighted by Gasteiger charge is -2.06. The molecule has 0 fully saturated rings. The number of benzene rings is 1. The van der Waals surface area contributed by atoms with E-state index >= 15 is 0 Å². The van der Waals surface area contributed by atoms with E-state index in [1.807, 2.05) is 41.1 Å². The van der Waals surface area contributed by atoms with Crippen LogP contribution < -0.4 is 5.32 Å². The number of aliphatic hydroxyl groups is 1. The number of amides is 1. The maximum atomic E-state index is 11.6. The molecule has 17 heavy (non-hydrogen) atoms. The minimum Gasteiger partial charge on any atom is -0.396 e. The van der Waals surface area contributed by atoms with Gasteiger partial charge < -0.3 is 15.0 Å². The molecule has 4 nitrogen and oxygen atoms in total. The second-order valence-corrected chi connectivity index (χ2v) is 3.93. The molecule has 0 saturated heterocycles. The zero-order valence-corrected chi connectivity index (χ0v) is 9.60. The Hall–Kier alpha value is -1.81. The summed E-state index contributed by atoms with van der Waals surface area (Å²) in [7, 11) is 0. The van der Waals surface area contributed by atoms with Gasteiger partial charge in [-0.2, -0.15) is 0 Å². The third-order valence-electron chi connectivity index (χ3n) is 2.65. The number of rotatable bonds is 5. The van der Waals surface area contributed by atoms with Crippen molar-refractivity contribution >= 4 is 16.8 Å². The number of hydrogen-bond donors (Lipinski definition) is 2. The molecule has 0 unspecified atom stereocenters. The van der Waals surface area contributed by atoms with Crippen molar-refractivity contribution < 1.29 is 9.90 Å². The summed E-state index contributed by atoms with van der Waals surface area (Å²) in [6, 6.07) is 9.96. The molecule has 0 aliphatic carbocycles. The van der Waals surface area contributed by atoms with Gasteiger partial charge in [0, 0.05) is 24.9 Å². The summed E-state index contributed by atoms with van der Waals surface area (Å²) in [5, 5.41) is 12.5. The highest BCUT2D eigenvalue weighted by Gasteiger charge is 2.04. The Morgan fingerprint density at radius 1 is 1.29 bits per heavy atom. The zero-order chi connectivity index (χ0) is 12.1. The van der Waals surface area contributed by atoms with E-state index in [0.29, 0.717) is 19.5 Å². The molecule has 90 valence electrons. The van der Waals surface area contributed by atoms with Crippen LogP contribution in [0.5, 0.6) is 0 Å². The summed E-state index contributed by atoms with van der Waals surface area (Å²) in [4.78, 5) is 11.6. The number of para-hydroxylation sites is 1. The highest BCUT2D eigenvalue weighted by molar-refractivity contribution is 5.83.